The first kappa shape index (κ1) is 15.7. The van der Waals surface area contributed by atoms with Gasteiger partial charge in [-0.1, -0.05) is 0 Å². The van der Waals surface area contributed by atoms with Gasteiger partial charge in [-0.3, -0.25) is 9.97 Å². The van der Waals surface area contributed by atoms with Crippen LogP contribution >= 0.6 is 0 Å². The predicted octanol–water partition coefficient (Wildman–Crippen LogP) is 1.89. The molecule has 1 aliphatic heterocycles. The minimum atomic E-state index is -0.0790. The molecule has 0 radical (unpaired) electrons. The van der Waals surface area contributed by atoms with Crippen LogP contribution in [0.4, 0.5) is 4.79 Å². The number of carbonyl (C=O) groups excluding carboxylic acids is 1. The number of aromatic nitrogens is 2. The maximum atomic E-state index is 11.9. The van der Waals surface area contributed by atoms with Crippen LogP contribution in [0.1, 0.15) is 37.1 Å². The number of hydrogen-bond acceptors (Lipinski definition) is 4. The number of urea groups is 1. The van der Waals surface area contributed by atoms with Gasteiger partial charge in [0.05, 0.1) is 30.2 Å². The van der Waals surface area contributed by atoms with Crippen LogP contribution in [0.5, 0.6) is 0 Å². The van der Waals surface area contributed by atoms with E-state index in [1.807, 2.05) is 14.0 Å². The summed E-state index contributed by atoms with van der Waals surface area (Å²) in [6, 6.07) is -0.0790. The predicted molar refractivity (Wildman–Crippen MR) is 79.8 cm³/mol. The Kier molecular flexibility index (Phi) is 5.92. The Morgan fingerprint density at radius 3 is 3.00 bits per heavy atom. The monoisotopic (exact) mass is 292 g/mol. The molecule has 2 rings (SSSR count). The van der Waals surface area contributed by atoms with Gasteiger partial charge in [0, 0.05) is 26.4 Å². The van der Waals surface area contributed by atoms with Gasteiger partial charge in [0.1, 0.15) is 0 Å². The molecule has 1 aromatic heterocycles. The average molecular weight is 292 g/mol. The summed E-state index contributed by atoms with van der Waals surface area (Å²) >= 11 is 0. The zero-order valence-electron chi connectivity index (χ0n) is 12.8. The first-order valence-electron chi connectivity index (χ1n) is 7.53. The molecule has 2 heterocycles. The van der Waals surface area contributed by atoms with Gasteiger partial charge in [-0.15, -0.1) is 0 Å². The van der Waals surface area contributed by atoms with Crippen molar-refractivity contribution in [3.05, 3.63) is 23.8 Å². The Morgan fingerprint density at radius 2 is 2.33 bits per heavy atom. The van der Waals surface area contributed by atoms with Crippen LogP contribution in [0.15, 0.2) is 12.4 Å². The molecule has 0 aliphatic carbocycles. The maximum absolute atomic E-state index is 11.9. The van der Waals surface area contributed by atoms with Gasteiger partial charge >= 0.3 is 6.03 Å². The fraction of sp³-hybridized carbons (Fsp3) is 0.667. The molecule has 1 N–H and O–H groups in total. The third kappa shape index (κ3) is 5.30. The second-order valence-electron chi connectivity index (χ2n) is 5.51. The highest BCUT2D eigenvalue weighted by molar-refractivity contribution is 5.73. The topological polar surface area (TPSA) is 67.4 Å². The minimum absolute atomic E-state index is 0.0790. The summed E-state index contributed by atoms with van der Waals surface area (Å²) in [7, 11) is 1.81. The molecule has 1 unspecified atom stereocenters. The van der Waals surface area contributed by atoms with E-state index in [0.717, 1.165) is 43.8 Å². The van der Waals surface area contributed by atoms with E-state index in [1.54, 1.807) is 17.3 Å². The molecule has 1 fully saturated rings. The van der Waals surface area contributed by atoms with Crippen molar-refractivity contribution in [1.82, 2.24) is 20.2 Å². The first-order chi connectivity index (χ1) is 10.1. The lowest BCUT2D eigenvalue weighted by Gasteiger charge is -2.18. The van der Waals surface area contributed by atoms with Crippen molar-refractivity contribution in [2.45, 2.75) is 45.3 Å². The average Bonchev–Trinajstić information content (AvgIpc) is 2.99. The molecule has 6 nitrogen and oxygen atoms in total. The second-order valence-corrected chi connectivity index (χ2v) is 5.51. The smallest absolute Gasteiger partial charge is 0.317 e. The van der Waals surface area contributed by atoms with Gasteiger partial charge in [0.25, 0.3) is 0 Å². The molecule has 0 spiro atoms. The van der Waals surface area contributed by atoms with Crippen molar-refractivity contribution in [3.8, 4) is 0 Å². The van der Waals surface area contributed by atoms with Crippen molar-refractivity contribution in [2.24, 2.45) is 0 Å². The largest absolute Gasteiger partial charge is 0.378 e. The summed E-state index contributed by atoms with van der Waals surface area (Å²) in [5.41, 5.74) is 1.64. The normalized spacial score (nSPS) is 17.7. The number of amides is 2. The van der Waals surface area contributed by atoms with E-state index >= 15 is 0 Å². The van der Waals surface area contributed by atoms with Crippen LogP contribution in [0.2, 0.25) is 0 Å². The van der Waals surface area contributed by atoms with Crippen LogP contribution in [0, 0.1) is 6.92 Å². The number of carbonyl (C=O) groups is 1. The molecule has 0 saturated carbocycles. The van der Waals surface area contributed by atoms with Gasteiger partial charge in [0.2, 0.25) is 0 Å². The summed E-state index contributed by atoms with van der Waals surface area (Å²) in [6.07, 6.45) is 8.10. The fourth-order valence-electron chi connectivity index (χ4n) is 2.34. The molecule has 6 heteroatoms. The first-order valence-corrected chi connectivity index (χ1v) is 7.53. The fourth-order valence-corrected chi connectivity index (χ4v) is 2.34. The van der Waals surface area contributed by atoms with Crippen molar-refractivity contribution in [1.29, 1.82) is 0 Å². The Labute approximate surface area is 125 Å². The summed E-state index contributed by atoms with van der Waals surface area (Å²) in [5, 5.41) is 2.85. The van der Waals surface area contributed by atoms with Gasteiger partial charge in [-0.2, -0.15) is 0 Å². The van der Waals surface area contributed by atoms with Crippen LogP contribution in [0.3, 0.4) is 0 Å². The number of nitrogens with one attached hydrogen (secondary N) is 1. The third-order valence-corrected chi connectivity index (χ3v) is 3.65. The highest BCUT2D eigenvalue weighted by Crippen LogP contribution is 2.16. The second kappa shape index (κ2) is 7.93. The van der Waals surface area contributed by atoms with Crippen LogP contribution < -0.4 is 5.32 Å². The zero-order chi connectivity index (χ0) is 15.1. The molecule has 1 aromatic rings. The lowest BCUT2D eigenvalue weighted by molar-refractivity contribution is 0.100. The molecule has 21 heavy (non-hydrogen) atoms. The molecular formula is C15H24N4O2. The van der Waals surface area contributed by atoms with Gasteiger partial charge in [0.15, 0.2) is 0 Å². The molecule has 1 aliphatic rings. The summed E-state index contributed by atoms with van der Waals surface area (Å²) in [6.45, 7) is 3.92. The highest BCUT2D eigenvalue weighted by atomic mass is 16.5. The molecule has 2 amide bonds. The van der Waals surface area contributed by atoms with Crippen molar-refractivity contribution < 1.29 is 9.53 Å². The van der Waals surface area contributed by atoms with E-state index in [1.165, 1.54) is 6.42 Å². The Hall–Kier alpha value is -1.69. The SMILES string of the molecule is Cc1cnc(CNC(=O)N(C)CCCC2CCCO2)cn1. The highest BCUT2D eigenvalue weighted by Gasteiger charge is 2.15. The maximum Gasteiger partial charge on any atom is 0.317 e. The third-order valence-electron chi connectivity index (χ3n) is 3.65. The van der Waals surface area contributed by atoms with E-state index in [2.05, 4.69) is 15.3 Å². The van der Waals surface area contributed by atoms with E-state index in [0.29, 0.717) is 12.6 Å². The van der Waals surface area contributed by atoms with Gasteiger partial charge in [-0.25, -0.2) is 4.79 Å². The van der Waals surface area contributed by atoms with Gasteiger partial charge in [-0.05, 0) is 32.6 Å². The van der Waals surface area contributed by atoms with E-state index in [-0.39, 0.29) is 6.03 Å². The van der Waals surface area contributed by atoms with Crippen LogP contribution in [0.25, 0.3) is 0 Å². The summed E-state index contributed by atoms with van der Waals surface area (Å²) < 4.78 is 5.58. The lowest BCUT2D eigenvalue weighted by Crippen LogP contribution is -2.37. The van der Waals surface area contributed by atoms with E-state index in [4.69, 9.17) is 4.74 Å². The molecule has 1 atom stereocenters. The Balaban J connectivity index is 1.63. The standard InChI is InChI=1S/C15H24N4O2/c1-12-9-17-13(10-16-12)11-18-15(20)19(2)7-3-5-14-6-4-8-21-14/h9-10,14H,3-8,11H2,1-2H3,(H,18,20). The number of ether oxygens (including phenoxy) is 1. The van der Waals surface area contributed by atoms with Crippen molar-refractivity contribution in [3.63, 3.8) is 0 Å². The Bertz CT molecular complexity index is 443. The Morgan fingerprint density at radius 1 is 1.48 bits per heavy atom. The summed E-state index contributed by atoms with van der Waals surface area (Å²) in [4.78, 5) is 22.0. The molecule has 116 valence electrons. The van der Waals surface area contributed by atoms with Crippen molar-refractivity contribution >= 4 is 6.03 Å². The summed E-state index contributed by atoms with van der Waals surface area (Å²) in [5.74, 6) is 0. The number of hydrogen-bond donors (Lipinski definition) is 1. The van der Waals surface area contributed by atoms with Gasteiger partial charge < -0.3 is 15.0 Å². The van der Waals surface area contributed by atoms with Crippen LogP contribution in [-0.4, -0.2) is 47.2 Å². The van der Waals surface area contributed by atoms with Crippen LogP contribution in [-0.2, 0) is 11.3 Å². The zero-order valence-corrected chi connectivity index (χ0v) is 12.8. The molecule has 0 aromatic carbocycles. The quantitative estimate of drug-likeness (QED) is 0.869. The number of aryl methyl sites for hydroxylation is 1. The number of rotatable bonds is 6. The lowest BCUT2D eigenvalue weighted by atomic mass is 10.1. The van der Waals surface area contributed by atoms with Crippen molar-refractivity contribution in [2.75, 3.05) is 20.2 Å². The van der Waals surface area contributed by atoms with E-state index < -0.39 is 0 Å². The molecule has 1 saturated heterocycles. The molecular weight excluding hydrogens is 268 g/mol. The number of nitrogens with zero attached hydrogens (tertiary/aromatic N) is 3. The minimum Gasteiger partial charge on any atom is -0.378 e. The molecule has 0 bridgehead atoms. The van der Waals surface area contributed by atoms with E-state index in [9.17, 15) is 4.79 Å².